The number of H-pyrrole nitrogens is 1. The molecule has 0 spiro atoms. The fourth-order valence-corrected chi connectivity index (χ4v) is 1.96. The van der Waals surface area contributed by atoms with Gasteiger partial charge in [0.2, 0.25) is 0 Å². The van der Waals surface area contributed by atoms with Crippen molar-refractivity contribution in [1.82, 2.24) is 9.97 Å². The Morgan fingerprint density at radius 3 is 2.62 bits per heavy atom. The van der Waals surface area contributed by atoms with E-state index in [1.807, 2.05) is 12.1 Å². The molecule has 0 saturated carbocycles. The number of aromatic amines is 1. The number of amides is 1. The molecule has 0 saturated heterocycles. The number of aromatic nitrogens is 2. The lowest BCUT2D eigenvalue weighted by Gasteiger charge is -2.05. The van der Waals surface area contributed by atoms with Gasteiger partial charge in [0.25, 0.3) is 5.91 Å². The molecule has 0 bridgehead atoms. The van der Waals surface area contributed by atoms with E-state index in [2.05, 4.69) is 22.2 Å². The minimum atomic E-state index is -1.22. The first-order valence-electron chi connectivity index (χ1n) is 6.78. The first kappa shape index (κ1) is 14.8. The molecule has 0 atom stereocenters. The molecule has 1 aromatic heterocycles. The molecular weight excluding hydrogens is 270 g/mol. The number of carboxylic acid groups (broad SMARTS) is 1. The third-order valence-corrected chi connectivity index (χ3v) is 3.10. The summed E-state index contributed by atoms with van der Waals surface area (Å²) in [5.41, 5.74) is 1.48. The number of rotatable bonds is 6. The van der Waals surface area contributed by atoms with Crippen molar-refractivity contribution in [3.8, 4) is 0 Å². The molecule has 1 amide bonds. The maximum atomic E-state index is 12.0. The Morgan fingerprint density at radius 1 is 1.29 bits per heavy atom. The summed E-state index contributed by atoms with van der Waals surface area (Å²) in [4.78, 5) is 29.1. The number of nitrogens with zero attached hydrogens (tertiary/aromatic N) is 1. The fourth-order valence-electron chi connectivity index (χ4n) is 1.96. The Morgan fingerprint density at radius 2 is 2.00 bits per heavy atom. The number of anilines is 1. The first-order valence-corrected chi connectivity index (χ1v) is 6.78. The normalized spacial score (nSPS) is 10.3. The first-order chi connectivity index (χ1) is 10.1. The van der Waals surface area contributed by atoms with Gasteiger partial charge in [0.05, 0.1) is 6.33 Å². The van der Waals surface area contributed by atoms with Gasteiger partial charge in [-0.3, -0.25) is 4.79 Å². The molecule has 0 aliphatic rings. The molecule has 2 rings (SSSR count). The SMILES string of the molecule is CCCCc1ccc(NC(=O)c2nc[nH]c2C(=O)O)cc1. The van der Waals surface area contributed by atoms with Crippen LogP contribution in [0.15, 0.2) is 30.6 Å². The number of aromatic carboxylic acids is 1. The number of carbonyl (C=O) groups excluding carboxylic acids is 1. The van der Waals surface area contributed by atoms with Gasteiger partial charge in [0.1, 0.15) is 0 Å². The van der Waals surface area contributed by atoms with Crippen molar-refractivity contribution in [2.24, 2.45) is 0 Å². The van der Waals surface area contributed by atoms with E-state index in [1.54, 1.807) is 12.1 Å². The van der Waals surface area contributed by atoms with E-state index in [-0.39, 0.29) is 11.4 Å². The Balaban J connectivity index is 2.05. The Kier molecular flexibility index (Phi) is 4.71. The standard InChI is InChI=1S/C15H17N3O3/c1-2-3-4-10-5-7-11(8-6-10)18-14(19)12-13(15(20)21)17-9-16-12/h5-9H,2-4H2,1H3,(H,16,17)(H,18,19)(H,20,21). The summed E-state index contributed by atoms with van der Waals surface area (Å²) in [6.45, 7) is 2.14. The van der Waals surface area contributed by atoms with Gasteiger partial charge in [-0.25, -0.2) is 9.78 Å². The smallest absolute Gasteiger partial charge is 0.354 e. The maximum Gasteiger partial charge on any atom is 0.354 e. The average molecular weight is 287 g/mol. The molecule has 1 aromatic carbocycles. The van der Waals surface area contributed by atoms with Crippen molar-refractivity contribution in [2.45, 2.75) is 26.2 Å². The topological polar surface area (TPSA) is 95.1 Å². The predicted molar refractivity (Wildman–Crippen MR) is 78.6 cm³/mol. The lowest BCUT2D eigenvalue weighted by Crippen LogP contribution is -2.16. The van der Waals surface area contributed by atoms with Gasteiger partial charge in [0.15, 0.2) is 11.4 Å². The average Bonchev–Trinajstić information content (AvgIpc) is 2.96. The zero-order chi connectivity index (χ0) is 15.2. The van der Waals surface area contributed by atoms with E-state index < -0.39 is 11.9 Å². The molecule has 0 aliphatic carbocycles. The summed E-state index contributed by atoms with van der Waals surface area (Å²) < 4.78 is 0. The van der Waals surface area contributed by atoms with Gasteiger partial charge in [-0.05, 0) is 30.5 Å². The van der Waals surface area contributed by atoms with Crippen molar-refractivity contribution in [2.75, 3.05) is 5.32 Å². The highest BCUT2D eigenvalue weighted by Gasteiger charge is 2.19. The summed E-state index contributed by atoms with van der Waals surface area (Å²) in [7, 11) is 0. The van der Waals surface area contributed by atoms with Crippen molar-refractivity contribution in [3.05, 3.63) is 47.5 Å². The number of benzene rings is 1. The Labute approximate surface area is 122 Å². The minimum absolute atomic E-state index is 0.127. The second kappa shape index (κ2) is 6.69. The minimum Gasteiger partial charge on any atom is -0.477 e. The van der Waals surface area contributed by atoms with E-state index in [4.69, 9.17) is 5.11 Å². The zero-order valence-electron chi connectivity index (χ0n) is 11.7. The van der Waals surface area contributed by atoms with Gasteiger partial charge in [-0.1, -0.05) is 25.5 Å². The van der Waals surface area contributed by atoms with Crippen LogP contribution in [-0.4, -0.2) is 27.0 Å². The summed E-state index contributed by atoms with van der Waals surface area (Å²) in [6.07, 6.45) is 4.45. The monoisotopic (exact) mass is 287 g/mol. The molecule has 110 valence electrons. The highest BCUT2D eigenvalue weighted by Crippen LogP contribution is 2.13. The van der Waals surface area contributed by atoms with Crippen LogP contribution in [0.25, 0.3) is 0 Å². The molecule has 0 aliphatic heterocycles. The summed E-state index contributed by atoms with van der Waals surface area (Å²) in [5, 5.41) is 11.6. The van der Waals surface area contributed by atoms with Crippen molar-refractivity contribution >= 4 is 17.6 Å². The second-order valence-electron chi connectivity index (χ2n) is 4.69. The number of nitrogens with one attached hydrogen (secondary N) is 2. The summed E-state index contributed by atoms with van der Waals surface area (Å²) >= 11 is 0. The van der Waals surface area contributed by atoms with Crippen LogP contribution >= 0.6 is 0 Å². The lowest BCUT2D eigenvalue weighted by molar-refractivity contribution is 0.0686. The van der Waals surface area contributed by atoms with Crippen molar-refractivity contribution in [3.63, 3.8) is 0 Å². The van der Waals surface area contributed by atoms with Gasteiger partial charge >= 0.3 is 5.97 Å². The molecular formula is C15H17N3O3. The number of hydrogen-bond acceptors (Lipinski definition) is 3. The number of imidazole rings is 1. The van der Waals surface area contributed by atoms with Crippen LogP contribution in [0.2, 0.25) is 0 Å². The fraction of sp³-hybridized carbons (Fsp3) is 0.267. The van der Waals surface area contributed by atoms with E-state index in [0.717, 1.165) is 19.3 Å². The van der Waals surface area contributed by atoms with Crippen LogP contribution in [0.4, 0.5) is 5.69 Å². The molecule has 0 radical (unpaired) electrons. The molecule has 2 aromatic rings. The van der Waals surface area contributed by atoms with Crippen LogP contribution < -0.4 is 5.32 Å². The van der Waals surface area contributed by atoms with E-state index in [0.29, 0.717) is 5.69 Å². The molecule has 1 heterocycles. The molecule has 0 unspecified atom stereocenters. The second-order valence-corrected chi connectivity index (χ2v) is 4.69. The van der Waals surface area contributed by atoms with Gasteiger partial charge in [0, 0.05) is 5.69 Å². The van der Waals surface area contributed by atoms with E-state index in [9.17, 15) is 9.59 Å². The van der Waals surface area contributed by atoms with Crippen LogP contribution in [0.5, 0.6) is 0 Å². The highest BCUT2D eigenvalue weighted by atomic mass is 16.4. The van der Waals surface area contributed by atoms with Crippen molar-refractivity contribution in [1.29, 1.82) is 0 Å². The van der Waals surface area contributed by atoms with Crippen LogP contribution in [0, 0.1) is 0 Å². The van der Waals surface area contributed by atoms with Gasteiger partial charge in [-0.2, -0.15) is 0 Å². The van der Waals surface area contributed by atoms with E-state index >= 15 is 0 Å². The number of aryl methyl sites for hydroxylation is 1. The molecule has 0 fully saturated rings. The van der Waals surface area contributed by atoms with Gasteiger partial charge < -0.3 is 15.4 Å². The zero-order valence-corrected chi connectivity index (χ0v) is 11.7. The van der Waals surface area contributed by atoms with Crippen LogP contribution in [0.3, 0.4) is 0 Å². The number of carbonyl (C=O) groups is 2. The molecule has 21 heavy (non-hydrogen) atoms. The number of carboxylic acids is 1. The summed E-state index contributed by atoms with van der Waals surface area (Å²) in [5.74, 6) is -1.76. The number of hydrogen-bond donors (Lipinski definition) is 3. The summed E-state index contributed by atoms with van der Waals surface area (Å²) in [6, 6.07) is 7.51. The van der Waals surface area contributed by atoms with Crippen molar-refractivity contribution < 1.29 is 14.7 Å². The quantitative estimate of drug-likeness (QED) is 0.761. The highest BCUT2D eigenvalue weighted by molar-refractivity contribution is 6.08. The molecule has 3 N–H and O–H groups in total. The van der Waals surface area contributed by atoms with E-state index in [1.165, 1.54) is 11.9 Å². The van der Waals surface area contributed by atoms with Gasteiger partial charge in [-0.15, -0.1) is 0 Å². The predicted octanol–water partition coefficient (Wildman–Crippen LogP) is 2.70. The molecule has 6 nitrogen and oxygen atoms in total. The Bertz CT molecular complexity index is 632. The molecule has 6 heteroatoms. The third-order valence-electron chi connectivity index (χ3n) is 3.10. The lowest BCUT2D eigenvalue weighted by atomic mass is 10.1. The largest absolute Gasteiger partial charge is 0.477 e. The Hall–Kier alpha value is -2.63. The third kappa shape index (κ3) is 3.68. The maximum absolute atomic E-state index is 12.0. The number of unbranched alkanes of at least 4 members (excludes halogenated alkanes) is 1. The van der Waals surface area contributed by atoms with Crippen LogP contribution in [-0.2, 0) is 6.42 Å². The van der Waals surface area contributed by atoms with Crippen LogP contribution in [0.1, 0.15) is 46.3 Å².